The van der Waals surface area contributed by atoms with Crippen LogP contribution in [0.25, 0.3) is 0 Å². The van der Waals surface area contributed by atoms with Crippen LogP contribution >= 0.6 is 11.6 Å². The first-order chi connectivity index (χ1) is 10.1. The molecule has 7 heteroatoms. The van der Waals surface area contributed by atoms with Crippen molar-refractivity contribution in [2.24, 2.45) is 0 Å². The average Bonchev–Trinajstić information content (AvgIpc) is 2.46. The van der Waals surface area contributed by atoms with Crippen LogP contribution in [0.5, 0.6) is 5.75 Å². The summed E-state index contributed by atoms with van der Waals surface area (Å²) in [7, 11) is 1.47. The fraction of sp³-hybridized carbons (Fsp3) is 0.286. The molecule has 2 rings (SSSR count). The number of aromatic nitrogens is 2. The summed E-state index contributed by atoms with van der Waals surface area (Å²) in [6.07, 6.45) is 0. The minimum absolute atomic E-state index is 0.270. The highest BCUT2D eigenvalue weighted by molar-refractivity contribution is 6.29. The van der Waals surface area contributed by atoms with Gasteiger partial charge < -0.3 is 14.8 Å². The van der Waals surface area contributed by atoms with Gasteiger partial charge >= 0.3 is 0 Å². The summed E-state index contributed by atoms with van der Waals surface area (Å²) >= 11 is 5.96. The highest BCUT2D eigenvalue weighted by Crippen LogP contribution is 2.28. The van der Waals surface area contributed by atoms with Gasteiger partial charge in [-0.05, 0) is 19.1 Å². The van der Waals surface area contributed by atoms with Crippen LogP contribution < -0.4 is 10.1 Å². The lowest BCUT2D eigenvalue weighted by Crippen LogP contribution is -2.03. The Morgan fingerprint density at radius 3 is 2.81 bits per heavy atom. The van der Waals surface area contributed by atoms with Gasteiger partial charge in [-0.1, -0.05) is 11.6 Å². The molecule has 112 valence electrons. The Bertz CT molecular complexity index is 625. The summed E-state index contributed by atoms with van der Waals surface area (Å²) in [4.78, 5) is 8.35. The number of nitrogens with zero attached hydrogens (tertiary/aromatic N) is 2. The Labute approximate surface area is 127 Å². The van der Waals surface area contributed by atoms with Crippen LogP contribution in [0.3, 0.4) is 0 Å². The first-order valence-corrected chi connectivity index (χ1v) is 6.72. The second-order valence-electron chi connectivity index (χ2n) is 4.10. The third-order valence-corrected chi connectivity index (χ3v) is 2.80. The van der Waals surface area contributed by atoms with E-state index in [-0.39, 0.29) is 12.4 Å². The van der Waals surface area contributed by atoms with E-state index in [1.807, 2.05) is 6.92 Å². The maximum Gasteiger partial charge on any atom is 0.158 e. The Hall–Kier alpha value is -1.92. The molecule has 0 aliphatic rings. The van der Waals surface area contributed by atoms with Crippen LogP contribution in [0.4, 0.5) is 15.9 Å². The van der Waals surface area contributed by atoms with Gasteiger partial charge in [0.1, 0.15) is 29.1 Å². The molecule has 0 spiro atoms. The van der Waals surface area contributed by atoms with E-state index in [4.69, 9.17) is 21.1 Å². The van der Waals surface area contributed by atoms with Gasteiger partial charge in [0.15, 0.2) is 5.82 Å². The number of methoxy groups -OCH3 is 1. The summed E-state index contributed by atoms with van der Waals surface area (Å²) in [5.41, 5.74) is 0.580. The van der Waals surface area contributed by atoms with E-state index in [0.29, 0.717) is 34.8 Å². The first kappa shape index (κ1) is 15.5. The van der Waals surface area contributed by atoms with E-state index in [1.54, 1.807) is 12.1 Å². The molecule has 1 heterocycles. The molecule has 0 bridgehead atoms. The Morgan fingerprint density at radius 2 is 2.10 bits per heavy atom. The highest BCUT2D eigenvalue weighted by atomic mass is 35.5. The molecule has 0 radical (unpaired) electrons. The van der Waals surface area contributed by atoms with Crippen molar-refractivity contribution < 1.29 is 13.9 Å². The average molecular weight is 312 g/mol. The summed E-state index contributed by atoms with van der Waals surface area (Å²) in [6.45, 7) is 2.71. The number of nitrogens with one attached hydrogen (secondary N) is 1. The van der Waals surface area contributed by atoms with Gasteiger partial charge in [0, 0.05) is 18.7 Å². The zero-order chi connectivity index (χ0) is 15.2. The molecule has 0 fully saturated rings. The Kier molecular flexibility index (Phi) is 5.30. The van der Waals surface area contributed by atoms with E-state index in [0.717, 1.165) is 0 Å². The van der Waals surface area contributed by atoms with Crippen LogP contribution in [-0.2, 0) is 11.3 Å². The molecule has 1 aromatic heterocycles. The first-order valence-electron chi connectivity index (χ1n) is 6.34. The van der Waals surface area contributed by atoms with E-state index in [2.05, 4.69) is 15.3 Å². The van der Waals surface area contributed by atoms with Gasteiger partial charge in [-0.25, -0.2) is 14.4 Å². The summed E-state index contributed by atoms with van der Waals surface area (Å²) in [5.74, 6) is 0.939. The number of ether oxygens (including phenoxy) is 2. The number of benzene rings is 1. The predicted octanol–water partition coefficient (Wildman–Crippen LogP) is 3.56. The van der Waals surface area contributed by atoms with Crippen LogP contribution in [0.2, 0.25) is 5.15 Å². The monoisotopic (exact) mass is 311 g/mol. The summed E-state index contributed by atoms with van der Waals surface area (Å²) < 4.78 is 23.5. The number of hydrogen-bond donors (Lipinski definition) is 1. The van der Waals surface area contributed by atoms with Gasteiger partial charge in [0.2, 0.25) is 0 Å². The fourth-order valence-electron chi connectivity index (χ4n) is 1.69. The maximum atomic E-state index is 13.2. The summed E-state index contributed by atoms with van der Waals surface area (Å²) in [5, 5.41) is 3.32. The van der Waals surface area contributed by atoms with E-state index < -0.39 is 0 Å². The molecular weight excluding hydrogens is 297 g/mol. The smallest absolute Gasteiger partial charge is 0.158 e. The third-order valence-electron chi connectivity index (χ3n) is 2.60. The lowest BCUT2D eigenvalue weighted by Gasteiger charge is -2.11. The van der Waals surface area contributed by atoms with Gasteiger partial charge in [-0.15, -0.1) is 0 Å². The zero-order valence-electron chi connectivity index (χ0n) is 11.7. The molecule has 0 aliphatic heterocycles. The normalized spacial score (nSPS) is 10.5. The van der Waals surface area contributed by atoms with Crippen molar-refractivity contribution in [2.75, 3.05) is 19.0 Å². The molecule has 1 N–H and O–H groups in total. The number of anilines is 2. The highest BCUT2D eigenvalue weighted by Gasteiger charge is 2.08. The number of hydrogen-bond acceptors (Lipinski definition) is 5. The molecule has 2 aromatic rings. The molecule has 0 unspecified atom stereocenters. The minimum Gasteiger partial charge on any atom is -0.494 e. The number of halogens is 2. The van der Waals surface area contributed by atoms with Crippen LogP contribution in [0.15, 0.2) is 24.3 Å². The molecule has 21 heavy (non-hydrogen) atoms. The van der Waals surface area contributed by atoms with Crippen molar-refractivity contribution in [2.45, 2.75) is 13.5 Å². The van der Waals surface area contributed by atoms with Crippen molar-refractivity contribution in [1.82, 2.24) is 9.97 Å². The van der Waals surface area contributed by atoms with E-state index >= 15 is 0 Å². The predicted molar refractivity (Wildman–Crippen MR) is 78.6 cm³/mol. The lowest BCUT2D eigenvalue weighted by atomic mass is 10.3. The molecule has 0 atom stereocenters. The molecule has 0 amide bonds. The second kappa shape index (κ2) is 7.19. The van der Waals surface area contributed by atoms with Crippen molar-refractivity contribution in [3.05, 3.63) is 41.1 Å². The zero-order valence-corrected chi connectivity index (χ0v) is 12.4. The Morgan fingerprint density at radius 1 is 1.29 bits per heavy atom. The maximum absolute atomic E-state index is 13.2. The standard InChI is InChI=1S/C14H15ClFN3O2/c1-3-21-8-14-18-12(15)7-13(19-14)17-10-5-4-9(16)6-11(10)20-2/h4-7H,3,8H2,1-2H3,(H,17,18,19). The van der Waals surface area contributed by atoms with Crippen molar-refractivity contribution in [3.8, 4) is 5.75 Å². The molecule has 5 nitrogen and oxygen atoms in total. The van der Waals surface area contributed by atoms with Crippen molar-refractivity contribution in [1.29, 1.82) is 0 Å². The van der Waals surface area contributed by atoms with Crippen LogP contribution in [-0.4, -0.2) is 23.7 Å². The van der Waals surface area contributed by atoms with Crippen LogP contribution in [0, 0.1) is 5.82 Å². The molecule has 0 aliphatic carbocycles. The van der Waals surface area contributed by atoms with Gasteiger partial charge in [0.05, 0.1) is 12.8 Å². The quantitative estimate of drug-likeness (QED) is 0.827. The molecule has 0 saturated heterocycles. The molecular formula is C14H15ClFN3O2. The lowest BCUT2D eigenvalue weighted by molar-refractivity contribution is 0.128. The largest absolute Gasteiger partial charge is 0.494 e. The minimum atomic E-state index is -0.379. The van der Waals surface area contributed by atoms with Gasteiger partial charge in [-0.2, -0.15) is 0 Å². The fourth-order valence-corrected chi connectivity index (χ4v) is 1.89. The van der Waals surface area contributed by atoms with Crippen molar-refractivity contribution >= 4 is 23.1 Å². The van der Waals surface area contributed by atoms with Gasteiger partial charge in [0.25, 0.3) is 0 Å². The van der Waals surface area contributed by atoms with Crippen LogP contribution in [0.1, 0.15) is 12.7 Å². The summed E-state index contributed by atoms with van der Waals surface area (Å²) in [6, 6.07) is 5.74. The SMILES string of the molecule is CCOCc1nc(Cl)cc(Nc2ccc(F)cc2OC)n1. The van der Waals surface area contributed by atoms with Crippen molar-refractivity contribution in [3.63, 3.8) is 0 Å². The third kappa shape index (κ3) is 4.27. The Balaban J connectivity index is 2.24. The molecule has 1 aromatic carbocycles. The van der Waals surface area contributed by atoms with E-state index in [9.17, 15) is 4.39 Å². The van der Waals surface area contributed by atoms with Gasteiger partial charge in [-0.3, -0.25) is 0 Å². The van der Waals surface area contributed by atoms with E-state index in [1.165, 1.54) is 19.2 Å². The second-order valence-corrected chi connectivity index (χ2v) is 4.49. The number of rotatable bonds is 6. The molecule has 0 saturated carbocycles. The topological polar surface area (TPSA) is 56.3 Å².